The number of carboxylic acid groups (broad SMARTS) is 1. The Balaban J connectivity index is 3.15. The van der Waals surface area contributed by atoms with Gasteiger partial charge in [0.05, 0.1) is 5.56 Å². The molecule has 3 N–H and O–H groups in total. The second-order valence-electron chi connectivity index (χ2n) is 3.79. The van der Waals surface area contributed by atoms with E-state index < -0.39 is 17.8 Å². The average Bonchev–Trinajstić information content (AvgIpc) is 2.38. The number of carboxylic acids is 1. The standard InChI is InChI=1S/C12H14N2O5/c1-3-14(13)10(15)8-6-7(2)4-5-9(8)19-12(18)11(16)17/h4-6H,3,13H2,1-2H3,(H,16,17). The molecule has 0 aliphatic heterocycles. The molecule has 19 heavy (non-hydrogen) atoms. The van der Waals surface area contributed by atoms with Gasteiger partial charge >= 0.3 is 11.9 Å². The summed E-state index contributed by atoms with van der Waals surface area (Å²) < 4.78 is 4.64. The van der Waals surface area contributed by atoms with E-state index in [9.17, 15) is 14.4 Å². The van der Waals surface area contributed by atoms with E-state index in [1.54, 1.807) is 19.9 Å². The summed E-state index contributed by atoms with van der Waals surface area (Å²) in [5.74, 6) is 1.60. The fourth-order valence-electron chi connectivity index (χ4n) is 1.34. The van der Waals surface area contributed by atoms with Crippen LogP contribution in [-0.2, 0) is 9.59 Å². The molecule has 0 aromatic heterocycles. The second kappa shape index (κ2) is 5.96. The van der Waals surface area contributed by atoms with Crippen molar-refractivity contribution < 1.29 is 24.2 Å². The van der Waals surface area contributed by atoms with E-state index in [2.05, 4.69) is 4.74 Å². The second-order valence-corrected chi connectivity index (χ2v) is 3.79. The normalized spacial score (nSPS) is 9.84. The van der Waals surface area contributed by atoms with Crippen molar-refractivity contribution in [1.29, 1.82) is 0 Å². The third-order valence-corrected chi connectivity index (χ3v) is 2.34. The molecule has 0 saturated heterocycles. The minimum Gasteiger partial charge on any atom is -0.473 e. The van der Waals surface area contributed by atoms with Crippen molar-refractivity contribution in [3.8, 4) is 5.75 Å². The van der Waals surface area contributed by atoms with Gasteiger partial charge in [0, 0.05) is 6.54 Å². The van der Waals surface area contributed by atoms with Gasteiger partial charge in [-0.1, -0.05) is 11.6 Å². The SMILES string of the molecule is CCN(N)C(=O)c1cc(C)ccc1OC(=O)C(=O)O. The number of ether oxygens (including phenoxy) is 1. The third kappa shape index (κ3) is 3.52. The number of aliphatic carboxylic acids is 1. The fraction of sp³-hybridized carbons (Fsp3) is 0.250. The zero-order chi connectivity index (χ0) is 14.6. The maximum Gasteiger partial charge on any atom is 0.422 e. The number of esters is 1. The summed E-state index contributed by atoms with van der Waals surface area (Å²) in [6.07, 6.45) is 0. The number of hydrogen-bond acceptors (Lipinski definition) is 5. The number of nitrogens with two attached hydrogens (primary N) is 1. The Morgan fingerprint density at radius 1 is 1.37 bits per heavy atom. The van der Waals surface area contributed by atoms with Crippen molar-refractivity contribution in [1.82, 2.24) is 5.01 Å². The number of aryl methyl sites for hydroxylation is 1. The first-order chi connectivity index (χ1) is 8.86. The lowest BCUT2D eigenvalue weighted by atomic mass is 10.1. The van der Waals surface area contributed by atoms with Crippen LogP contribution in [0.2, 0.25) is 0 Å². The number of carbonyl (C=O) groups excluding carboxylic acids is 2. The Morgan fingerprint density at radius 2 is 2.00 bits per heavy atom. The molecule has 1 aromatic carbocycles. The number of rotatable bonds is 3. The molecular formula is C12H14N2O5. The van der Waals surface area contributed by atoms with Crippen LogP contribution in [0.1, 0.15) is 22.8 Å². The van der Waals surface area contributed by atoms with Crippen molar-refractivity contribution in [3.05, 3.63) is 29.3 Å². The minimum atomic E-state index is -1.74. The molecule has 1 aromatic rings. The van der Waals surface area contributed by atoms with Crippen LogP contribution in [-0.4, -0.2) is 34.5 Å². The molecule has 0 atom stereocenters. The van der Waals surface area contributed by atoms with E-state index in [-0.39, 0.29) is 17.9 Å². The molecule has 0 unspecified atom stereocenters. The zero-order valence-electron chi connectivity index (χ0n) is 10.5. The lowest BCUT2D eigenvalue weighted by molar-refractivity contribution is -0.158. The zero-order valence-corrected chi connectivity index (χ0v) is 10.5. The molecular weight excluding hydrogens is 252 g/mol. The summed E-state index contributed by atoms with van der Waals surface area (Å²) in [4.78, 5) is 33.4. The largest absolute Gasteiger partial charge is 0.473 e. The quantitative estimate of drug-likeness (QED) is 0.203. The van der Waals surface area contributed by atoms with Gasteiger partial charge in [0.25, 0.3) is 5.91 Å². The molecule has 0 saturated carbocycles. The Kier molecular flexibility index (Phi) is 4.60. The van der Waals surface area contributed by atoms with E-state index in [1.807, 2.05) is 0 Å². The molecule has 7 nitrogen and oxygen atoms in total. The Hall–Kier alpha value is -2.41. The topological polar surface area (TPSA) is 110 Å². The van der Waals surface area contributed by atoms with Crippen LogP contribution in [0.15, 0.2) is 18.2 Å². The predicted molar refractivity (Wildman–Crippen MR) is 65.3 cm³/mol. The molecule has 0 aliphatic carbocycles. The number of nitrogens with zero attached hydrogens (tertiary/aromatic N) is 1. The number of benzene rings is 1. The molecule has 7 heteroatoms. The first kappa shape index (κ1) is 14.7. The van der Waals surface area contributed by atoms with Gasteiger partial charge < -0.3 is 9.84 Å². The van der Waals surface area contributed by atoms with Crippen LogP contribution < -0.4 is 10.6 Å². The van der Waals surface area contributed by atoms with Crippen molar-refractivity contribution in [2.24, 2.45) is 5.84 Å². The first-order valence-electron chi connectivity index (χ1n) is 5.49. The third-order valence-electron chi connectivity index (χ3n) is 2.34. The molecule has 0 spiro atoms. The molecule has 0 heterocycles. The summed E-state index contributed by atoms with van der Waals surface area (Å²) in [5, 5.41) is 9.43. The summed E-state index contributed by atoms with van der Waals surface area (Å²) in [5.41, 5.74) is 0.793. The summed E-state index contributed by atoms with van der Waals surface area (Å²) in [6, 6.07) is 4.42. The molecule has 0 fully saturated rings. The highest BCUT2D eigenvalue weighted by Crippen LogP contribution is 2.21. The number of hydrogen-bond donors (Lipinski definition) is 2. The Bertz CT molecular complexity index is 527. The molecule has 0 bridgehead atoms. The molecule has 1 amide bonds. The van der Waals surface area contributed by atoms with Gasteiger partial charge in [0.15, 0.2) is 0 Å². The van der Waals surface area contributed by atoms with Gasteiger partial charge in [0.1, 0.15) is 5.75 Å². The molecule has 0 aliphatic rings. The average molecular weight is 266 g/mol. The smallest absolute Gasteiger partial charge is 0.422 e. The lowest BCUT2D eigenvalue weighted by Gasteiger charge is -2.16. The highest BCUT2D eigenvalue weighted by Gasteiger charge is 2.21. The van der Waals surface area contributed by atoms with Crippen LogP contribution >= 0.6 is 0 Å². The van der Waals surface area contributed by atoms with Crippen molar-refractivity contribution in [2.75, 3.05) is 6.54 Å². The van der Waals surface area contributed by atoms with Crippen LogP contribution in [0.4, 0.5) is 0 Å². The van der Waals surface area contributed by atoms with E-state index >= 15 is 0 Å². The Morgan fingerprint density at radius 3 is 2.53 bits per heavy atom. The van der Waals surface area contributed by atoms with E-state index in [4.69, 9.17) is 10.9 Å². The van der Waals surface area contributed by atoms with Crippen LogP contribution in [0.3, 0.4) is 0 Å². The van der Waals surface area contributed by atoms with Gasteiger partial charge in [-0.15, -0.1) is 0 Å². The summed E-state index contributed by atoms with van der Waals surface area (Å²) in [7, 11) is 0. The van der Waals surface area contributed by atoms with Crippen molar-refractivity contribution in [2.45, 2.75) is 13.8 Å². The van der Waals surface area contributed by atoms with E-state index in [0.29, 0.717) is 0 Å². The van der Waals surface area contributed by atoms with E-state index in [0.717, 1.165) is 10.6 Å². The van der Waals surface area contributed by atoms with Crippen molar-refractivity contribution >= 4 is 17.8 Å². The maximum atomic E-state index is 12.0. The fourth-order valence-corrected chi connectivity index (χ4v) is 1.34. The maximum absolute atomic E-state index is 12.0. The number of amides is 1. The number of carbonyl (C=O) groups is 3. The molecule has 0 radical (unpaired) electrons. The minimum absolute atomic E-state index is 0.0407. The molecule has 1 rings (SSSR count). The van der Waals surface area contributed by atoms with Crippen molar-refractivity contribution in [3.63, 3.8) is 0 Å². The van der Waals surface area contributed by atoms with Gasteiger partial charge in [-0.25, -0.2) is 15.4 Å². The Labute approximate surface area is 109 Å². The van der Waals surface area contributed by atoms with Crippen LogP contribution in [0.25, 0.3) is 0 Å². The predicted octanol–water partition coefficient (Wildman–Crippen LogP) is 0.321. The lowest BCUT2D eigenvalue weighted by Crippen LogP contribution is -2.37. The monoisotopic (exact) mass is 266 g/mol. The summed E-state index contributed by atoms with van der Waals surface area (Å²) >= 11 is 0. The highest BCUT2D eigenvalue weighted by atomic mass is 16.6. The van der Waals surface area contributed by atoms with Crippen LogP contribution in [0.5, 0.6) is 5.75 Å². The highest BCUT2D eigenvalue weighted by molar-refractivity contribution is 6.29. The van der Waals surface area contributed by atoms with Crippen LogP contribution in [0, 0.1) is 6.92 Å². The van der Waals surface area contributed by atoms with Gasteiger partial charge in [-0.2, -0.15) is 0 Å². The van der Waals surface area contributed by atoms with E-state index in [1.165, 1.54) is 12.1 Å². The van der Waals surface area contributed by atoms with Gasteiger partial charge in [-0.3, -0.25) is 9.80 Å². The molecule has 102 valence electrons. The number of hydrazine groups is 1. The van der Waals surface area contributed by atoms with Gasteiger partial charge in [-0.05, 0) is 26.0 Å². The first-order valence-corrected chi connectivity index (χ1v) is 5.49. The van der Waals surface area contributed by atoms with Gasteiger partial charge in [0.2, 0.25) is 0 Å². The summed E-state index contributed by atoms with van der Waals surface area (Å²) in [6.45, 7) is 3.68.